The molecule has 0 N–H and O–H groups in total. The van der Waals surface area contributed by atoms with Crippen LogP contribution in [0.3, 0.4) is 0 Å². The Labute approximate surface area is 83.7 Å². The first-order valence-corrected chi connectivity index (χ1v) is 4.90. The van der Waals surface area contributed by atoms with E-state index in [4.69, 9.17) is 4.52 Å². The Balaban J connectivity index is 2.82. The predicted octanol–water partition coefficient (Wildman–Crippen LogP) is 2.28. The van der Waals surface area contributed by atoms with Gasteiger partial charge in [0.25, 0.3) is 0 Å². The molecule has 0 saturated carbocycles. The van der Waals surface area contributed by atoms with Crippen molar-refractivity contribution in [3.05, 3.63) is 11.7 Å². The molecular formula is C10H16N2O2. The van der Waals surface area contributed by atoms with Crippen LogP contribution in [-0.2, 0) is 4.79 Å². The summed E-state index contributed by atoms with van der Waals surface area (Å²) in [6, 6.07) is 0. The number of carbonyl (C=O) groups excluding carboxylic acids is 1. The van der Waals surface area contributed by atoms with Crippen LogP contribution in [0, 0.1) is 0 Å². The SMILES string of the molecule is CCC(C)c1noc(C(C)C(C)=O)n1. The molecule has 2 atom stereocenters. The Morgan fingerprint density at radius 1 is 1.50 bits per heavy atom. The average Bonchev–Trinajstić information content (AvgIpc) is 2.64. The molecule has 0 aromatic carbocycles. The maximum atomic E-state index is 11.1. The Morgan fingerprint density at radius 3 is 2.64 bits per heavy atom. The average molecular weight is 196 g/mol. The molecule has 1 aromatic rings. The van der Waals surface area contributed by atoms with Crippen LogP contribution in [0.5, 0.6) is 0 Å². The van der Waals surface area contributed by atoms with Gasteiger partial charge in [-0.05, 0) is 20.3 Å². The molecule has 0 aliphatic rings. The molecule has 2 unspecified atom stereocenters. The molecule has 1 aromatic heterocycles. The molecule has 4 nitrogen and oxygen atoms in total. The summed E-state index contributed by atoms with van der Waals surface area (Å²) in [5, 5.41) is 3.85. The third kappa shape index (κ3) is 2.19. The summed E-state index contributed by atoms with van der Waals surface area (Å²) in [6.07, 6.45) is 0.966. The topological polar surface area (TPSA) is 56.0 Å². The fourth-order valence-electron chi connectivity index (χ4n) is 0.980. The molecule has 0 saturated heterocycles. The lowest BCUT2D eigenvalue weighted by molar-refractivity contribution is -0.118. The Hall–Kier alpha value is -1.19. The van der Waals surface area contributed by atoms with Gasteiger partial charge in [0, 0.05) is 5.92 Å². The van der Waals surface area contributed by atoms with Crippen molar-refractivity contribution in [3.63, 3.8) is 0 Å². The van der Waals surface area contributed by atoms with Gasteiger partial charge in [0.05, 0.1) is 5.92 Å². The molecular weight excluding hydrogens is 180 g/mol. The van der Waals surface area contributed by atoms with E-state index in [1.807, 2.05) is 6.92 Å². The van der Waals surface area contributed by atoms with Gasteiger partial charge in [0.1, 0.15) is 5.78 Å². The zero-order valence-electron chi connectivity index (χ0n) is 9.07. The highest BCUT2D eigenvalue weighted by molar-refractivity contribution is 5.81. The summed E-state index contributed by atoms with van der Waals surface area (Å²) in [5.41, 5.74) is 0. The van der Waals surface area contributed by atoms with Gasteiger partial charge in [-0.25, -0.2) is 0 Å². The van der Waals surface area contributed by atoms with Crippen molar-refractivity contribution in [2.75, 3.05) is 0 Å². The number of carbonyl (C=O) groups is 1. The third-order valence-corrected chi connectivity index (χ3v) is 2.49. The minimum absolute atomic E-state index is 0.0457. The smallest absolute Gasteiger partial charge is 0.236 e. The third-order valence-electron chi connectivity index (χ3n) is 2.49. The van der Waals surface area contributed by atoms with E-state index in [1.54, 1.807) is 6.92 Å². The lowest BCUT2D eigenvalue weighted by Crippen LogP contribution is -2.05. The van der Waals surface area contributed by atoms with Crippen molar-refractivity contribution in [2.24, 2.45) is 0 Å². The van der Waals surface area contributed by atoms with Crippen LogP contribution in [0.25, 0.3) is 0 Å². The number of nitrogens with zero attached hydrogens (tertiary/aromatic N) is 2. The van der Waals surface area contributed by atoms with Crippen LogP contribution in [0.4, 0.5) is 0 Å². The van der Waals surface area contributed by atoms with E-state index >= 15 is 0 Å². The van der Waals surface area contributed by atoms with E-state index in [0.717, 1.165) is 6.42 Å². The van der Waals surface area contributed by atoms with Crippen LogP contribution in [0.1, 0.15) is 57.7 Å². The first-order valence-electron chi connectivity index (χ1n) is 4.90. The molecule has 1 rings (SSSR count). The van der Waals surface area contributed by atoms with Gasteiger partial charge in [-0.15, -0.1) is 0 Å². The number of aromatic nitrogens is 2. The van der Waals surface area contributed by atoms with E-state index in [1.165, 1.54) is 6.92 Å². The molecule has 0 amide bonds. The lowest BCUT2D eigenvalue weighted by Gasteiger charge is -2.00. The number of ketones is 1. The maximum Gasteiger partial charge on any atom is 0.236 e. The van der Waals surface area contributed by atoms with Crippen LogP contribution < -0.4 is 0 Å². The zero-order chi connectivity index (χ0) is 10.7. The van der Waals surface area contributed by atoms with Crippen molar-refractivity contribution < 1.29 is 9.32 Å². The van der Waals surface area contributed by atoms with Gasteiger partial charge in [0.2, 0.25) is 5.89 Å². The molecule has 78 valence electrons. The standard InChI is InChI=1S/C10H16N2O2/c1-5-6(2)9-11-10(14-12-9)7(3)8(4)13/h6-7H,5H2,1-4H3. The van der Waals surface area contributed by atoms with E-state index in [0.29, 0.717) is 11.7 Å². The largest absolute Gasteiger partial charge is 0.339 e. The molecule has 0 radical (unpaired) electrons. The van der Waals surface area contributed by atoms with Gasteiger partial charge in [-0.2, -0.15) is 4.98 Å². The summed E-state index contributed by atoms with van der Waals surface area (Å²) in [7, 11) is 0. The monoisotopic (exact) mass is 196 g/mol. The molecule has 0 aliphatic carbocycles. The number of hydrogen-bond acceptors (Lipinski definition) is 4. The second-order valence-electron chi connectivity index (χ2n) is 3.63. The molecule has 0 fully saturated rings. The van der Waals surface area contributed by atoms with Crippen molar-refractivity contribution in [1.82, 2.24) is 10.1 Å². The highest BCUT2D eigenvalue weighted by Crippen LogP contribution is 2.19. The van der Waals surface area contributed by atoms with Gasteiger partial charge >= 0.3 is 0 Å². The molecule has 0 aliphatic heterocycles. The summed E-state index contributed by atoms with van der Waals surface area (Å²) in [6.45, 7) is 7.40. The minimum Gasteiger partial charge on any atom is -0.339 e. The first-order chi connectivity index (χ1) is 6.56. The number of Topliss-reactive ketones (excluding diaryl/α,β-unsaturated/α-hetero) is 1. The van der Waals surface area contributed by atoms with Crippen molar-refractivity contribution in [2.45, 2.75) is 46.0 Å². The normalized spacial score (nSPS) is 15.1. The summed E-state index contributed by atoms with van der Waals surface area (Å²) in [4.78, 5) is 15.3. The summed E-state index contributed by atoms with van der Waals surface area (Å²) < 4.78 is 5.03. The van der Waals surface area contributed by atoms with Crippen molar-refractivity contribution >= 4 is 5.78 Å². The molecule has 4 heteroatoms. The summed E-state index contributed by atoms with van der Waals surface area (Å²) in [5.74, 6) is 1.15. The highest BCUT2D eigenvalue weighted by atomic mass is 16.5. The minimum atomic E-state index is -0.291. The second-order valence-corrected chi connectivity index (χ2v) is 3.63. The van der Waals surface area contributed by atoms with E-state index in [-0.39, 0.29) is 17.6 Å². The first kappa shape index (κ1) is 10.9. The summed E-state index contributed by atoms with van der Waals surface area (Å²) >= 11 is 0. The van der Waals surface area contributed by atoms with Crippen molar-refractivity contribution in [1.29, 1.82) is 0 Å². The van der Waals surface area contributed by atoms with Crippen LogP contribution in [0.15, 0.2) is 4.52 Å². The van der Waals surface area contributed by atoms with Gasteiger partial charge in [0.15, 0.2) is 5.82 Å². The Morgan fingerprint density at radius 2 is 2.14 bits per heavy atom. The predicted molar refractivity (Wildman–Crippen MR) is 52.1 cm³/mol. The number of rotatable bonds is 4. The fourth-order valence-corrected chi connectivity index (χ4v) is 0.980. The van der Waals surface area contributed by atoms with Gasteiger partial charge in [-0.3, -0.25) is 4.79 Å². The van der Waals surface area contributed by atoms with Crippen LogP contribution in [-0.4, -0.2) is 15.9 Å². The second kappa shape index (κ2) is 4.35. The lowest BCUT2D eigenvalue weighted by atomic mass is 10.1. The van der Waals surface area contributed by atoms with Crippen molar-refractivity contribution in [3.8, 4) is 0 Å². The molecule has 14 heavy (non-hydrogen) atoms. The molecule has 0 spiro atoms. The van der Waals surface area contributed by atoms with E-state index in [2.05, 4.69) is 17.1 Å². The number of hydrogen-bond donors (Lipinski definition) is 0. The Kier molecular flexibility index (Phi) is 3.38. The van der Waals surface area contributed by atoms with Gasteiger partial charge < -0.3 is 4.52 Å². The fraction of sp³-hybridized carbons (Fsp3) is 0.700. The van der Waals surface area contributed by atoms with E-state index in [9.17, 15) is 4.79 Å². The highest BCUT2D eigenvalue weighted by Gasteiger charge is 2.19. The van der Waals surface area contributed by atoms with Gasteiger partial charge in [-0.1, -0.05) is 19.0 Å². The maximum absolute atomic E-state index is 11.1. The van der Waals surface area contributed by atoms with Crippen LogP contribution >= 0.6 is 0 Å². The van der Waals surface area contributed by atoms with Crippen LogP contribution in [0.2, 0.25) is 0 Å². The Bertz CT molecular complexity index is 320. The zero-order valence-corrected chi connectivity index (χ0v) is 9.07. The molecule has 0 bridgehead atoms. The quantitative estimate of drug-likeness (QED) is 0.741. The van der Waals surface area contributed by atoms with E-state index < -0.39 is 0 Å². The molecule has 1 heterocycles.